The number of ether oxygens (including phenoxy) is 2. The van der Waals surface area contributed by atoms with Crippen molar-refractivity contribution in [3.8, 4) is 11.5 Å². The monoisotopic (exact) mass is 444 g/mol. The fourth-order valence-electron chi connectivity index (χ4n) is 3.13. The molecule has 2 heterocycles. The summed E-state index contributed by atoms with van der Waals surface area (Å²) in [5, 5.41) is 4.97. The van der Waals surface area contributed by atoms with E-state index in [1.54, 1.807) is 36.3 Å². The van der Waals surface area contributed by atoms with Crippen molar-refractivity contribution in [2.45, 2.75) is 6.10 Å². The van der Waals surface area contributed by atoms with Gasteiger partial charge in [0.2, 0.25) is 5.91 Å². The molecule has 0 aliphatic carbocycles. The summed E-state index contributed by atoms with van der Waals surface area (Å²) >= 11 is 12.3. The Morgan fingerprint density at radius 1 is 1.23 bits per heavy atom. The summed E-state index contributed by atoms with van der Waals surface area (Å²) in [5.41, 5.74) is 1.34. The Bertz CT molecular complexity index is 1130. The van der Waals surface area contributed by atoms with Crippen molar-refractivity contribution in [1.82, 2.24) is 14.9 Å². The molecule has 3 aromatic rings. The predicted octanol–water partition coefficient (Wildman–Crippen LogP) is 4.46. The Morgan fingerprint density at radius 3 is 2.73 bits per heavy atom. The van der Waals surface area contributed by atoms with Gasteiger partial charge in [0.25, 0.3) is 0 Å². The summed E-state index contributed by atoms with van der Waals surface area (Å²) in [6.07, 6.45) is 2.62. The molecule has 1 aliphatic heterocycles. The quantitative estimate of drug-likeness (QED) is 0.565. The third kappa shape index (κ3) is 3.99. The van der Waals surface area contributed by atoms with E-state index in [0.717, 1.165) is 5.39 Å². The zero-order valence-electron chi connectivity index (χ0n) is 16.1. The second kappa shape index (κ2) is 8.38. The number of nitrogens with zero attached hydrogens (tertiary/aromatic N) is 3. The molecule has 0 atom stereocenters. The fourth-order valence-corrected chi connectivity index (χ4v) is 3.59. The minimum absolute atomic E-state index is 0.111. The highest BCUT2D eigenvalue weighted by Gasteiger charge is 2.31. The lowest BCUT2D eigenvalue weighted by molar-refractivity contribution is -0.134. The van der Waals surface area contributed by atoms with Crippen LogP contribution < -0.4 is 14.8 Å². The predicted molar refractivity (Wildman–Crippen MR) is 117 cm³/mol. The van der Waals surface area contributed by atoms with Crippen LogP contribution in [0.3, 0.4) is 0 Å². The van der Waals surface area contributed by atoms with E-state index in [2.05, 4.69) is 21.9 Å². The summed E-state index contributed by atoms with van der Waals surface area (Å²) in [5.74, 6) is 1.54. The molecule has 0 saturated carbocycles. The Balaban J connectivity index is 1.64. The SMILES string of the molecule is C=CC(=O)N1CC(Oc2cc3c(Nc4ccc(Cl)cc4Cl)ncnc3cc2OC)C1. The van der Waals surface area contributed by atoms with Gasteiger partial charge in [-0.15, -0.1) is 0 Å². The number of fused-ring (bicyclic) bond motifs is 1. The number of hydrogen-bond acceptors (Lipinski definition) is 6. The van der Waals surface area contributed by atoms with Gasteiger partial charge in [0.15, 0.2) is 11.5 Å². The normalized spacial score (nSPS) is 13.6. The van der Waals surface area contributed by atoms with Gasteiger partial charge in [-0.1, -0.05) is 29.8 Å². The van der Waals surface area contributed by atoms with Gasteiger partial charge in [-0.25, -0.2) is 9.97 Å². The maximum absolute atomic E-state index is 11.6. The highest BCUT2D eigenvalue weighted by Crippen LogP contribution is 2.37. The third-order valence-electron chi connectivity index (χ3n) is 4.73. The van der Waals surface area contributed by atoms with Crippen molar-refractivity contribution in [3.63, 3.8) is 0 Å². The summed E-state index contributed by atoms with van der Waals surface area (Å²) < 4.78 is 11.5. The largest absolute Gasteiger partial charge is 0.493 e. The first-order chi connectivity index (χ1) is 14.5. The van der Waals surface area contributed by atoms with E-state index < -0.39 is 0 Å². The lowest BCUT2D eigenvalue weighted by Gasteiger charge is -2.38. The standard InChI is InChI=1S/C21H18Cl2N4O3/c1-3-20(28)27-9-13(10-27)30-19-7-14-17(8-18(19)29-2)24-11-25-21(14)26-16-5-4-12(22)6-15(16)23/h3-8,11,13H,1,9-10H2,2H3,(H,24,25,26). The Hall–Kier alpha value is -3.03. The van der Waals surface area contributed by atoms with E-state index in [4.69, 9.17) is 32.7 Å². The number of aromatic nitrogens is 2. The molecule has 30 heavy (non-hydrogen) atoms. The van der Waals surface area contributed by atoms with Gasteiger partial charge >= 0.3 is 0 Å². The molecule has 1 N–H and O–H groups in total. The molecule has 4 rings (SSSR count). The van der Waals surface area contributed by atoms with E-state index in [9.17, 15) is 4.79 Å². The van der Waals surface area contributed by atoms with E-state index in [1.807, 2.05) is 6.07 Å². The van der Waals surface area contributed by atoms with Gasteiger partial charge in [-0.05, 0) is 30.3 Å². The lowest BCUT2D eigenvalue weighted by atomic mass is 10.1. The first-order valence-electron chi connectivity index (χ1n) is 9.11. The molecule has 7 nitrogen and oxygen atoms in total. The van der Waals surface area contributed by atoms with Gasteiger partial charge < -0.3 is 19.7 Å². The van der Waals surface area contributed by atoms with Crippen LogP contribution in [0.1, 0.15) is 0 Å². The van der Waals surface area contributed by atoms with Gasteiger partial charge in [-0.2, -0.15) is 0 Å². The van der Waals surface area contributed by atoms with Crippen LogP contribution in [-0.4, -0.2) is 47.1 Å². The van der Waals surface area contributed by atoms with Crippen LogP contribution in [0.15, 0.2) is 49.3 Å². The maximum atomic E-state index is 11.6. The molecule has 1 aromatic heterocycles. The molecule has 1 saturated heterocycles. The first kappa shape index (κ1) is 20.3. The second-order valence-electron chi connectivity index (χ2n) is 6.68. The van der Waals surface area contributed by atoms with Crippen LogP contribution in [0, 0.1) is 0 Å². The molecule has 0 bridgehead atoms. The van der Waals surface area contributed by atoms with Crippen LogP contribution >= 0.6 is 23.2 Å². The highest BCUT2D eigenvalue weighted by molar-refractivity contribution is 6.36. The number of halogens is 2. The molecule has 154 valence electrons. The van der Waals surface area contributed by atoms with Crippen LogP contribution in [0.2, 0.25) is 10.0 Å². The third-order valence-corrected chi connectivity index (χ3v) is 5.28. The zero-order chi connectivity index (χ0) is 21.3. The summed E-state index contributed by atoms with van der Waals surface area (Å²) in [7, 11) is 1.57. The maximum Gasteiger partial charge on any atom is 0.246 e. The van der Waals surface area contributed by atoms with Crippen LogP contribution in [0.5, 0.6) is 11.5 Å². The van der Waals surface area contributed by atoms with Crippen molar-refractivity contribution in [2.24, 2.45) is 0 Å². The van der Waals surface area contributed by atoms with E-state index in [1.165, 1.54) is 12.4 Å². The van der Waals surface area contributed by atoms with Crippen molar-refractivity contribution >= 4 is 51.5 Å². The molecular weight excluding hydrogens is 427 g/mol. The molecule has 1 fully saturated rings. The average Bonchev–Trinajstić information content (AvgIpc) is 2.71. The summed E-state index contributed by atoms with van der Waals surface area (Å²) in [6.45, 7) is 4.48. The number of carbonyl (C=O) groups excluding carboxylic acids is 1. The first-order valence-corrected chi connectivity index (χ1v) is 9.87. The van der Waals surface area contributed by atoms with E-state index >= 15 is 0 Å². The number of hydrogen-bond donors (Lipinski definition) is 1. The van der Waals surface area contributed by atoms with Gasteiger partial charge in [0, 0.05) is 16.5 Å². The molecule has 1 aliphatic rings. The zero-order valence-corrected chi connectivity index (χ0v) is 17.6. The molecule has 0 spiro atoms. The molecular formula is C21H18Cl2N4O3. The number of nitrogens with one attached hydrogen (secondary N) is 1. The number of anilines is 2. The van der Waals surface area contributed by atoms with Crippen molar-refractivity contribution < 1.29 is 14.3 Å². The molecule has 0 radical (unpaired) electrons. The minimum atomic E-state index is -0.132. The number of methoxy groups -OCH3 is 1. The van der Waals surface area contributed by atoms with Crippen LogP contribution in [-0.2, 0) is 4.79 Å². The van der Waals surface area contributed by atoms with Gasteiger partial charge in [-0.3, -0.25) is 4.79 Å². The van der Waals surface area contributed by atoms with E-state index in [-0.39, 0.29) is 12.0 Å². The Kier molecular flexibility index (Phi) is 5.65. The average molecular weight is 445 g/mol. The van der Waals surface area contributed by atoms with Crippen LogP contribution in [0.25, 0.3) is 10.9 Å². The summed E-state index contributed by atoms with van der Waals surface area (Å²) in [6, 6.07) is 8.77. The van der Waals surface area contributed by atoms with Gasteiger partial charge in [0.05, 0.1) is 36.4 Å². The number of likely N-dealkylation sites (tertiary alicyclic amines) is 1. The van der Waals surface area contributed by atoms with Gasteiger partial charge in [0.1, 0.15) is 18.2 Å². The van der Waals surface area contributed by atoms with Crippen LogP contribution in [0.4, 0.5) is 11.5 Å². The Labute approximate surface area is 183 Å². The fraction of sp³-hybridized carbons (Fsp3) is 0.190. The number of benzene rings is 2. The topological polar surface area (TPSA) is 76.6 Å². The van der Waals surface area contributed by atoms with Crippen molar-refractivity contribution in [2.75, 3.05) is 25.5 Å². The van der Waals surface area contributed by atoms with Crippen molar-refractivity contribution in [1.29, 1.82) is 0 Å². The van der Waals surface area contributed by atoms with E-state index in [0.29, 0.717) is 51.7 Å². The molecule has 9 heteroatoms. The van der Waals surface area contributed by atoms with Crippen molar-refractivity contribution in [3.05, 3.63) is 59.4 Å². The number of amides is 1. The second-order valence-corrected chi connectivity index (χ2v) is 7.52. The highest BCUT2D eigenvalue weighted by atomic mass is 35.5. The minimum Gasteiger partial charge on any atom is -0.493 e. The number of rotatable bonds is 6. The smallest absolute Gasteiger partial charge is 0.246 e. The lowest BCUT2D eigenvalue weighted by Crippen LogP contribution is -2.55. The number of carbonyl (C=O) groups is 1. The molecule has 0 unspecified atom stereocenters. The summed E-state index contributed by atoms with van der Waals surface area (Å²) in [4.78, 5) is 22.0. The Morgan fingerprint density at radius 2 is 2.03 bits per heavy atom. The molecule has 2 aromatic carbocycles. The molecule has 1 amide bonds.